The van der Waals surface area contributed by atoms with Gasteiger partial charge in [-0.3, -0.25) is 4.98 Å². The Morgan fingerprint density at radius 1 is 1.05 bits per heavy atom. The Kier molecular flexibility index (Phi) is 7.00. The van der Waals surface area contributed by atoms with Gasteiger partial charge in [0.25, 0.3) is 0 Å². The number of ether oxygens (including phenoxy) is 1. The third kappa shape index (κ3) is 5.54. The lowest BCUT2D eigenvalue weighted by molar-refractivity contribution is 0.262. The van der Waals surface area contributed by atoms with E-state index in [4.69, 9.17) is 14.7 Å². The lowest BCUT2D eigenvalue weighted by Crippen LogP contribution is -2.19. The predicted octanol–water partition coefficient (Wildman–Crippen LogP) is 6.06. The minimum Gasteiger partial charge on any atom is -0.495 e. The number of rotatable bonds is 7. The third-order valence-corrected chi connectivity index (χ3v) is 6.18. The van der Waals surface area contributed by atoms with Crippen LogP contribution in [0.3, 0.4) is 0 Å². The van der Waals surface area contributed by atoms with Crippen molar-refractivity contribution in [2.45, 2.75) is 6.54 Å². The van der Waals surface area contributed by atoms with E-state index in [9.17, 15) is 4.79 Å². The lowest BCUT2D eigenvalue weighted by atomic mass is 10.2. The summed E-state index contributed by atoms with van der Waals surface area (Å²) in [7, 11) is 3.52. The zero-order valence-corrected chi connectivity index (χ0v) is 21.8. The van der Waals surface area contributed by atoms with Gasteiger partial charge < -0.3 is 25.3 Å². The number of anilines is 3. The molecule has 0 radical (unpaired) electrons. The van der Waals surface area contributed by atoms with Gasteiger partial charge in [0, 0.05) is 47.9 Å². The molecule has 0 aliphatic carbocycles. The fourth-order valence-electron chi connectivity index (χ4n) is 3.93. The number of aromatic nitrogens is 4. The summed E-state index contributed by atoms with van der Waals surface area (Å²) in [6.07, 6.45) is 5.52. The number of nitrogens with one attached hydrogen (secondary N) is 3. The van der Waals surface area contributed by atoms with Crippen molar-refractivity contribution in [1.29, 1.82) is 0 Å². The zero-order valence-electron chi connectivity index (χ0n) is 20.2. The first-order chi connectivity index (χ1) is 18.0. The molecule has 2 aromatic carbocycles. The molecule has 3 heterocycles. The Morgan fingerprint density at radius 2 is 1.95 bits per heavy atom. The fourth-order valence-corrected chi connectivity index (χ4v) is 4.29. The number of halogens is 1. The highest BCUT2D eigenvalue weighted by Crippen LogP contribution is 2.29. The van der Waals surface area contributed by atoms with Crippen LogP contribution < -0.4 is 20.7 Å². The van der Waals surface area contributed by atoms with Crippen LogP contribution in [-0.4, -0.2) is 32.7 Å². The summed E-state index contributed by atoms with van der Waals surface area (Å²) in [5.41, 5.74) is 4.69. The summed E-state index contributed by atoms with van der Waals surface area (Å²) in [5, 5.41) is 9.12. The van der Waals surface area contributed by atoms with Crippen molar-refractivity contribution in [2.75, 3.05) is 23.1 Å². The van der Waals surface area contributed by atoms with Crippen LogP contribution in [-0.2, 0) is 13.6 Å². The number of amides is 2. The molecule has 0 aliphatic heterocycles. The van der Waals surface area contributed by atoms with Crippen LogP contribution in [0.4, 0.5) is 22.0 Å². The summed E-state index contributed by atoms with van der Waals surface area (Å²) in [6, 6.07) is 18.3. The van der Waals surface area contributed by atoms with Crippen LogP contribution in [0.5, 0.6) is 5.75 Å². The van der Waals surface area contributed by atoms with Gasteiger partial charge in [0.2, 0.25) is 0 Å². The molecule has 0 fully saturated rings. The van der Waals surface area contributed by atoms with Crippen molar-refractivity contribution >= 4 is 50.2 Å². The van der Waals surface area contributed by atoms with Gasteiger partial charge >= 0.3 is 6.03 Å². The summed E-state index contributed by atoms with van der Waals surface area (Å²) in [5.74, 6) is 1.82. The van der Waals surface area contributed by atoms with Gasteiger partial charge in [0.1, 0.15) is 11.3 Å². The van der Waals surface area contributed by atoms with E-state index in [-0.39, 0.29) is 0 Å². The molecule has 9 nitrogen and oxygen atoms in total. The van der Waals surface area contributed by atoms with Gasteiger partial charge in [-0.15, -0.1) is 0 Å². The van der Waals surface area contributed by atoms with E-state index in [0.29, 0.717) is 35.3 Å². The number of hydrogen-bond acceptors (Lipinski definition) is 6. The van der Waals surface area contributed by atoms with E-state index in [1.165, 1.54) is 0 Å². The topological polar surface area (TPSA) is 106 Å². The van der Waals surface area contributed by atoms with Crippen LogP contribution in [0.2, 0.25) is 0 Å². The second-order valence-electron chi connectivity index (χ2n) is 8.28. The summed E-state index contributed by atoms with van der Waals surface area (Å²) in [6.45, 7) is 0.575. The molecule has 37 heavy (non-hydrogen) atoms. The molecule has 0 saturated heterocycles. The molecule has 3 N–H and O–H groups in total. The van der Waals surface area contributed by atoms with Crippen LogP contribution in [0.25, 0.3) is 22.4 Å². The number of fused-ring (bicyclic) bond motifs is 1. The number of methoxy groups -OCH3 is 1. The molecule has 0 spiro atoms. The molecule has 0 aliphatic rings. The first-order valence-corrected chi connectivity index (χ1v) is 12.3. The molecule has 0 saturated carbocycles. The van der Waals surface area contributed by atoms with Gasteiger partial charge in [-0.1, -0.05) is 34.1 Å². The molecule has 3 aromatic heterocycles. The molecule has 186 valence electrons. The highest BCUT2D eigenvalue weighted by atomic mass is 79.9. The van der Waals surface area contributed by atoms with Crippen molar-refractivity contribution in [1.82, 2.24) is 19.5 Å². The van der Waals surface area contributed by atoms with Gasteiger partial charge in [-0.05, 0) is 48.0 Å². The number of hydrogen-bond donors (Lipinski definition) is 3. The van der Waals surface area contributed by atoms with E-state index in [1.54, 1.807) is 25.4 Å². The van der Waals surface area contributed by atoms with Gasteiger partial charge in [0.05, 0.1) is 18.3 Å². The molecular formula is C27H24BrN7O2. The minimum atomic E-state index is -0.396. The summed E-state index contributed by atoms with van der Waals surface area (Å²) >= 11 is 3.42. The second kappa shape index (κ2) is 10.7. The van der Waals surface area contributed by atoms with Crippen molar-refractivity contribution in [3.63, 3.8) is 0 Å². The number of aryl methyl sites for hydroxylation is 1. The molecule has 2 amide bonds. The van der Waals surface area contributed by atoms with E-state index >= 15 is 0 Å². The Labute approximate surface area is 222 Å². The van der Waals surface area contributed by atoms with E-state index < -0.39 is 6.03 Å². The largest absolute Gasteiger partial charge is 0.495 e. The number of benzene rings is 2. The molecule has 5 rings (SSSR count). The van der Waals surface area contributed by atoms with Crippen molar-refractivity contribution in [3.8, 4) is 17.1 Å². The molecule has 10 heteroatoms. The Hall–Kier alpha value is -4.44. The Morgan fingerprint density at radius 3 is 2.76 bits per heavy atom. The summed E-state index contributed by atoms with van der Waals surface area (Å²) in [4.78, 5) is 26.5. The maximum absolute atomic E-state index is 12.7. The highest BCUT2D eigenvalue weighted by Gasteiger charge is 2.14. The number of carbonyl (C=O) groups is 1. The monoisotopic (exact) mass is 557 g/mol. The van der Waals surface area contributed by atoms with Crippen molar-refractivity contribution in [3.05, 3.63) is 89.3 Å². The van der Waals surface area contributed by atoms with Crippen LogP contribution in [0, 0.1) is 0 Å². The molecule has 0 atom stereocenters. The second-order valence-corrected chi connectivity index (χ2v) is 9.19. The maximum atomic E-state index is 12.7. The van der Waals surface area contributed by atoms with E-state index in [0.717, 1.165) is 26.6 Å². The Bertz CT molecular complexity index is 1570. The summed E-state index contributed by atoms with van der Waals surface area (Å²) < 4.78 is 8.15. The smallest absolute Gasteiger partial charge is 0.323 e. The van der Waals surface area contributed by atoms with E-state index in [2.05, 4.69) is 36.9 Å². The van der Waals surface area contributed by atoms with Gasteiger partial charge in [-0.25, -0.2) is 14.8 Å². The number of carbonyl (C=O) groups excluding carboxylic acids is 1. The molecule has 5 aromatic rings. The number of pyridine rings is 1. The molecular weight excluding hydrogens is 534 g/mol. The first kappa shape index (κ1) is 24.3. The normalized spacial score (nSPS) is 10.8. The van der Waals surface area contributed by atoms with Crippen LogP contribution in [0.15, 0.2) is 83.7 Å². The maximum Gasteiger partial charge on any atom is 0.323 e. The van der Waals surface area contributed by atoms with E-state index in [1.807, 2.05) is 72.5 Å². The van der Waals surface area contributed by atoms with Gasteiger partial charge in [0.15, 0.2) is 11.6 Å². The first-order valence-electron chi connectivity index (χ1n) is 11.5. The Balaban J connectivity index is 1.39. The standard InChI is InChI=1S/C27H24BrN7O2/c1-35-12-10-21-24(35)26(30-16-17-5-4-11-29-15-17)34-25(32-21)18-6-3-7-20(13-18)31-27(36)33-22-14-19(28)8-9-23(22)37-2/h3-15H,16H2,1-2H3,(H,30,32,34)(H2,31,33,36). The number of nitrogens with zero attached hydrogens (tertiary/aromatic N) is 4. The fraction of sp³-hybridized carbons (Fsp3) is 0.111. The lowest BCUT2D eigenvalue weighted by Gasteiger charge is -2.13. The molecule has 0 unspecified atom stereocenters. The van der Waals surface area contributed by atoms with Crippen LogP contribution >= 0.6 is 15.9 Å². The average Bonchev–Trinajstić information content (AvgIpc) is 3.29. The highest BCUT2D eigenvalue weighted by molar-refractivity contribution is 9.10. The SMILES string of the molecule is COc1ccc(Br)cc1NC(=O)Nc1cccc(-c2nc(NCc3cccnc3)c3c(ccn3C)n2)c1. The van der Waals surface area contributed by atoms with Gasteiger partial charge in [-0.2, -0.15) is 0 Å². The quantitative estimate of drug-likeness (QED) is 0.224. The van der Waals surface area contributed by atoms with Crippen molar-refractivity contribution in [2.24, 2.45) is 7.05 Å². The van der Waals surface area contributed by atoms with Crippen molar-refractivity contribution < 1.29 is 9.53 Å². The zero-order chi connectivity index (χ0) is 25.8. The molecule has 0 bridgehead atoms. The third-order valence-electron chi connectivity index (χ3n) is 5.69. The average molecular weight is 558 g/mol. The van der Waals surface area contributed by atoms with Crippen LogP contribution in [0.1, 0.15) is 5.56 Å². The minimum absolute atomic E-state index is 0.396. The number of urea groups is 1. The predicted molar refractivity (Wildman–Crippen MR) is 149 cm³/mol.